The lowest BCUT2D eigenvalue weighted by Gasteiger charge is -2.07. The number of carbonyl (C=O) groups is 1. The molecule has 0 radical (unpaired) electrons. The highest BCUT2D eigenvalue weighted by Crippen LogP contribution is 2.33. The summed E-state index contributed by atoms with van der Waals surface area (Å²) < 4.78 is 22.2. The molecular weight excluding hydrogens is 216 g/mol. The predicted octanol–water partition coefficient (Wildman–Crippen LogP) is 0.541. The first-order chi connectivity index (χ1) is 6.96. The highest BCUT2D eigenvalue weighted by Gasteiger charge is 2.33. The van der Waals surface area contributed by atoms with Crippen molar-refractivity contribution in [2.24, 2.45) is 5.92 Å². The fraction of sp³-hybridized carbons (Fsp3) is 0.900. The van der Waals surface area contributed by atoms with E-state index in [1.165, 1.54) is 0 Å². The molecule has 0 aromatic heterocycles. The maximum absolute atomic E-state index is 11.4. The number of aliphatic hydroxyl groups excluding tert-OH is 1. The lowest BCUT2D eigenvalue weighted by atomic mass is 10.1. The zero-order valence-electron chi connectivity index (χ0n) is 8.98. The molecule has 1 aliphatic carbocycles. The first-order valence-electron chi connectivity index (χ1n) is 5.37. The average Bonchev–Trinajstić information content (AvgIpc) is 2.99. The first-order valence-corrected chi connectivity index (χ1v) is 7.19. The van der Waals surface area contributed by atoms with Crippen LogP contribution < -0.4 is 0 Å². The average molecular weight is 234 g/mol. The third kappa shape index (κ3) is 4.30. The lowest BCUT2D eigenvalue weighted by Crippen LogP contribution is -2.23. The molecule has 1 aliphatic rings. The fourth-order valence-electron chi connectivity index (χ4n) is 1.43. The van der Waals surface area contributed by atoms with Crippen LogP contribution in [0.1, 0.15) is 32.6 Å². The van der Waals surface area contributed by atoms with Gasteiger partial charge in [0.2, 0.25) is 0 Å². The van der Waals surface area contributed by atoms with Crippen LogP contribution in [0, 0.1) is 5.92 Å². The van der Waals surface area contributed by atoms with Crippen molar-refractivity contribution in [2.75, 3.05) is 11.5 Å². The van der Waals surface area contributed by atoms with Crippen LogP contribution in [0.3, 0.4) is 0 Å². The quantitative estimate of drug-likeness (QED) is 0.698. The Bertz CT molecular complexity index is 316. The Kier molecular flexibility index (Phi) is 4.28. The summed E-state index contributed by atoms with van der Waals surface area (Å²) in [5.41, 5.74) is 0. The number of rotatable bonds is 7. The van der Waals surface area contributed by atoms with Crippen LogP contribution >= 0.6 is 0 Å². The summed E-state index contributed by atoms with van der Waals surface area (Å²) in [6.07, 6.45) is 1.49. The first kappa shape index (κ1) is 12.6. The molecule has 0 saturated heterocycles. The van der Waals surface area contributed by atoms with Crippen molar-refractivity contribution in [3.8, 4) is 0 Å². The number of hydrogen-bond donors (Lipinski definition) is 1. The van der Waals surface area contributed by atoms with Gasteiger partial charge in [0.1, 0.15) is 15.9 Å². The number of carbonyl (C=O) groups excluding carboxylic acids is 1. The summed E-state index contributed by atoms with van der Waals surface area (Å²) in [6.45, 7) is 1.59. The van der Waals surface area contributed by atoms with E-state index in [1.807, 2.05) is 0 Å². The van der Waals surface area contributed by atoms with Gasteiger partial charge in [0.05, 0.1) is 5.75 Å². The molecule has 0 bridgehead atoms. The topological polar surface area (TPSA) is 71.4 Å². The smallest absolute Gasteiger partial charge is 0.161 e. The molecule has 0 aromatic rings. The molecule has 1 saturated carbocycles. The highest BCUT2D eigenvalue weighted by molar-refractivity contribution is 7.91. The largest absolute Gasteiger partial charge is 0.385 e. The number of ketones is 1. The summed E-state index contributed by atoms with van der Waals surface area (Å²) in [4.78, 5) is 11.4. The van der Waals surface area contributed by atoms with Crippen LogP contribution in [0.25, 0.3) is 0 Å². The van der Waals surface area contributed by atoms with Gasteiger partial charge in [-0.05, 0) is 25.2 Å². The van der Waals surface area contributed by atoms with Gasteiger partial charge in [0.25, 0.3) is 0 Å². The third-order valence-corrected chi connectivity index (χ3v) is 4.51. The van der Waals surface area contributed by atoms with Crippen LogP contribution in [0.15, 0.2) is 0 Å². The SMILES string of the molecule is CCS(=O)(=O)CCCC(=O)C(O)C1CC1. The molecule has 0 aromatic carbocycles. The summed E-state index contributed by atoms with van der Waals surface area (Å²) in [6, 6.07) is 0. The fourth-order valence-corrected chi connectivity index (χ4v) is 2.31. The standard InChI is InChI=1S/C10H18O4S/c1-2-15(13,14)7-3-4-9(11)10(12)8-5-6-8/h8,10,12H,2-7H2,1H3. The second kappa shape index (κ2) is 5.07. The predicted molar refractivity (Wildman–Crippen MR) is 57.3 cm³/mol. The molecule has 1 N–H and O–H groups in total. The Balaban J connectivity index is 2.22. The third-order valence-electron chi connectivity index (χ3n) is 2.72. The molecule has 1 atom stereocenters. The van der Waals surface area contributed by atoms with Gasteiger partial charge in [0, 0.05) is 12.2 Å². The van der Waals surface area contributed by atoms with Crippen LogP contribution in [0.4, 0.5) is 0 Å². The van der Waals surface area contributed by atoms with E-state index in [-0.39, 0.29) is 29.6 Å². The summed E-state index contributed by atoms with van der Waals surface area (Å²) >= 11 is 0. The molecular formula is C10H18O4S. The molecule has 0 heterocycles. The van der Waals surface area contributed by atoms with E-state index in [1.54, 1.807) is 6.92 Å². The van der Waals surface area contributed by atoms with E-state index < -0.39 is 15.9 Å². The number of sulfone groups is 1. The Morgan fingerprint density at radius 1 is 1.47 bits per heavy atom. The van der Waals surface area contributed by atoms with Crippen molar-refractivity contribution >= 4 is 15.6 Å². The Morgan fingerprint density at radius 3 is 2.53 bits per heavy atom. The van der Waals surface area contributed by atoms with Gasteiger partial charge in [-0.1, -0.05) is 6.92 Å². The van der Waals surface area contributed by atoms with Gasteiger partial charge in [-0.3, -0.25) is 4.79 Å². The second-order valence-electron chi connectivity index (χ2n) is 4.09. The minimum absolute atomic E-state index is 0.0482. The Morgan fingerprint density at radius 2 is 2.07 bits per heavy atom. The summed E-state index contributed by atoms with van der Waals surface area (Å²) in [5.74, 6) is 0.100. The van der Waals surface area contributed by atoms with Gasteiger partial charge >= 0.3 is 0 Å². The van der Waals surface area contributed by atoms with E-state index >= 15 is 0 Å². The number of aliphatic hydroxyl groups is 1. The van der Waals surface area contributed by atoms with Crippen LogP contribution in [-0.2, 0) is 14.6 Å². The van der Waals surface area contributed by atoms with E-state index in [9.17, 15) is 18.3 Å². The van der Waals surface area contributed by atoms with Crippen molar-refractivity contribution in [3.63, 3.8) is 0 Å². The van der Waals surface area contributed by atoms with Crippen molar-refractivity contribution in [2.45, 2.75) is 38.7 Å². The van der Waals surface area contributed by atoms with Crippen LogP contribution in [-0.4, -0.2) is 36.9 Å². The van der Waals surface area contributed by atoms with E-state index in [2.05, 4.69) is 0 Å². The van der Waals surface area contributed by atoms with Crippen molar-refractivity contribution in [3.05, 3.63) is 0 Å². The van der Waals surface area contributed by atoms with Crippen LogP contribution in [0.2, 0.25) is 0 Å². The molecule has 5 heteroatoms. The van der Waals surface area contributed by atoms with Gasteiger partial charge in [0.15, 0.2) is 5.78 Å². The van der Waals surface area contributed by atoms with Gasteiger partial charge < -0.3 is 5.11 Å². The summed E-state index contributed by atoms with van der Waals surface area (Å²) in [5, 5.41) is 9.45. The Labute approximate surface area is 90.6 Å². The number of hydrogen-bond acceptors (Lipinski definition) is 4. The van der Waals surface area contributed by atoms with Gasteiger partial charge in [-0.25, -0.2) is 8.42 Å². The van der Waals surface area contributed by atoms with Crippen molar-refractivity contribution < 1.29 is 18.3 Å². The number of Topliss-reactive ketones (excluding diaryl/α,β-unsaturated/α-hetero) is 1. The van der Waals surface area contributed by atoms with Gasteiger partial charge in [-0.2, -0.15) is 0 Å². The van der Waals surface area contributed by atoms with Crippen molar-refractivity contribution in [1.29, 1.82) is 0 Å². The monoisotopic (exact) mass is 234 g/mol. The van der Waals surface area contributed by atoms with Crippen LogP contribution in [0.5, 0.6) is 0 Å². The molecule has 0 spiro atoms. The molecule has 15 heavy (non-hydrogen) atoms. The molecule has 1 rings (SSSR count). The highest BCUT2D eigenvalue weighted by atomic mass is 32.2. The Hall–Kier alpha value is -0.420. The van der Waals surface area contributed by atoms with E-state index in [4.69, 9.17) is 0 Å². The lowest BCUT2D eigenvalue weighted by molar-refractivity contribution is -0.128. The molecule has 1 fully saturated rings. The molecule has 4 nitrogen and oxygen atoms in total. The molecule has 0 aliphatic heterocycles. The molecule has 88 valence electrons. The van der Waals surface area contributed by atoms with Gasteiger partial charge in [-0.15, -0.1) is 0 Å². The van der Waals surface area contributed by atoms with E-state index in [0.717, 1.165) is 12.8 Å². The molecule has 0 amide bonds. The normalized spacial score (nSPS) is 18.8. The second-order valence-corrected chi connectivity index (χ2v) is 6.56. The maximum Gasteiger partial charge on any atom is 0.161 e. The minimum atomic E-state index is -2.98. The summed E-state index contributed by atoms with van der Waals surface area (Å²) in [7, 11) is -2.98. The maximum atomic E-state index is 11.4. The van der Waals surface area contributed by atoms with E-state index in [0.29, 0.717) is 6.42 Å². The zero-order chi connectivity index (χ0) is 11.5. The molecule has 1 unspecified atom stereocenters. The zero-order valence-corrected chi connectivity index (χ0v) is 9.79. The minimum Gasteiger partial charge on any atom is -0.385 e. The van der Waals surface area contributed by atoms with Crippen molar-refractivity contribution in [1.82, 2.24) is 0 Å².